The zero-order chi connectivity index (χ0) is 10.8. The van der Waals surface area contributed by atoms with E-state index in [1.807, 2.05) is 25.0 Å². The summed E-state index contributed by atoms with van der Waals surface area (Å²) in [5.74, 6) is 0. The normalized spacial score (nSPS) is 14.4. The van der Waals surface area contributed by atoms with Crippen LogP contribution in [0.5, 0.6) is 0 Å². The van der Waals surface area contributed by atoms with Gasteiger partial charge in [-0.05, 0) is 24.9 Å². The summed E-state index contributed by atoms with van der Waals surface area (Å²) < 4.78 is 1.94. The van der Waals surface area contributed by atoms with Gasteiger partial charge in [-0.1, -0.05) is 20.8 Å². The van der Waals surface area contributed by atoms with Crippen LogP contribution >= 0.6 is 0 Å². The molecule has 1 aromatic rings. The Balaban J connectivity index is 2.99. The molecule has 0 aliphatic carbocycles. The molecule has 1 aromatic heterocycles. The average Bonchev–Trinajstić information content (AvgIpc) is 2.53. The summed E-state index contributed by atoms with van der Waals surface area (Å²) in [5.41, 5.74) is 1.50. The lowest BCUT2D eigenvalue weighted by Crippen LogP contribution is -2.33. The number of aromatic nitrogens is 2. The van der Waals surface area contributed by atoms with Crippen molar-refractivity contribution < 1.29 is 0 Å². The van der Waals surface area contributed by atoms with Gasteiger partial charge >= 0.3 is 0 Å². The fourth-order valence-electron chi connectivity index (χ4n) is 1.81. The molecule has 0 saturated carbocycles. The molecular weight excluding hydrogens is 174 g/mol. The van der Waals surface area contributed by atoms with Crippen LogP contribution in [0.25, 0.3) is 0 Å². The lowest BCUT2D eigenvalue weighted by Gasteiger charge is -2.33. The van der Waals surface area contributed by atoms with E-state index in [9.17, 15) is 0 Å². The summed E-state index contributed by atoms with van der Waals surface area (Å²) in [5, 5.41) is 7.59. The van der Waals surface area contributed by atoms with E-state index in [1.54, 1.807) is 0 Å². The van der Waals surface area contributed by atoms with Gasteiger partial charge in [0.2, 0.25) is 0 Å². The zero-order valence-electron chi connectivity index (χ0n) is 9.83. The molecule has 0 saturated heterocycles. The van der Waals surface area contributed by atoms with E-state index in [4.69, 9.17) is 0 Å². The number of rotatable bonds is 4. The standard InChI is InChI=1S/C11H21N3/c1-6-11(2,3)10(12-4)9-7-8-13-14(9)5/h7-8,10,12H,6H2,1-5H3. The maximum absolute atomic E-state index is 4.21. The first-order chi connectivity index (χ1) is 6.53. The van der Waals surface area contributed by atoms with E-state index in [0.29, 0.717) is 6.04 Å². The Kier molecular flexibility index (Phi) is 3.32. The third-order valence-electron chi connectivity index (χ3n) is 3.14. The predicted molar refractivity (Wildman–Crippen MR) is 59.1 cm³/mol. The number of hydrogen-bond acceptors (Lipinski definition) is 2. The minimum absolute atomic E-state index is 0.253. The van der Waals surface area contributed by atoms with Crippen LogP contribution in [0.2, 0.25) is 0 Å². The molecule has 0 aliphatic heterocycles. The number of aryl methyl sites for hydroxylation is 1. The molecule has 0 radical (unpaired) electrons. The Labute approximate surface area is 86.5 Å². The molecule has 0 amide bonds. The molecule has 14 heavy (non-hydrogen) atoms. The highest BCUT2D eigenvalue weighted by Crippen LogP contribution is 2.35. The van der Waals surface area contributed by atoms with Crippen LogP contribution < -0.4 is 5.32 Å². The zero-order valence-corrected chi connectivity index (χ0v) is 9.83. The highest BCUT2D eigenvalue weighted by molar-refractivity contribution is 5.10. The van der Waals surface area contributed by atoms with Crippen molar-refractivity contribution in [1.82, 2.24) is 15.1 Å². The minimum Gasteiger partial charge on any atom is -0.311 e. The van der Waals surface area contributed by atoms with Crippen LogP contribution in [-0.2, 0) is 7.05 Å². The second-order valence-electron chi connectivity index (χ2n) is 4.44. The third kappa shape index (κ3) is 1.98. The van der Waals surface area contributed by atoms with Crippen molar-refractivity contribution in [3.8, 4) is 0 Å². The Morgan fingerprint density at radius 2 is 2.21 bits per heavy atom. The summed E-state index contributed by atoms with van der Waals surface area (Å²) in [6, 6.07) is 2.44. The van der Waals surface area contributed by atoms with Crippen LogP contribution in [0.3, 0.4) is 0 Å². The second-order valence-corrected chi connectivity index (χ2v) is 4.44. The van der Waals surface area contributed by atoms with Crippen molar-refractivity contribution in [3.05, 3.63) is 18.0 Å². The quantitative estimate of drug-likeness (QED) is 0.797. The molecule has 0 aliphatic rings. The molecule has 0 fully saturated rings. The molecular formula is C11H21N3. The van der Waals surface area contributed by atoms with Gasteiger partial charge in [-0.3, -0.25) is 4.68 Å². The van der Waals surface area contributed by atoms with Gasteiger partial charge in [-0.15, -0.1) is 0 Å². The van der Waals surface area contributed by atoms with Gasteiger partial charge in [0.15, 0.2) is 0 Å². The summed E-state index contributed by atoms with van der Waals surface area (Å²) in [4.78, 5) is 0. The predicted octanol–water partition coefficient (Wildman–Crippen LogP) is 2.12. The Hall–Kier alpha value is -0.830. The molecule has 3 heteroatoms. The highest BCUT2D eigenvalue weighted by Gasteiger charge is 2.29. The van der Waals surface area contributed by atoms with E-state index in [1.165, 1.54) is 5.69 Å². The molecule has 1 N–H and O–H groups in total. The lowest BCUT2D eigenvalue weighted by atomic mass is 9.80. The van der Waals surface area contributed by atoms with Gasteiger partial charge in [-0.25, -0.2) is 0 Å². The van der Waals surface area contributed by atoms with Gasteiger partial charge in [0.05, 0.1) is 11.7 Å². The Morgan fingerprint density at radius 1 is 1.57 bits per heavy atom. The third-order valence-corrected chi connectivity index (χ3v) is 3.14. The summed E-state index contributed by atoms with van der Waals surface area (Å²) >= 11 is 0. The minimum atomic E-state index is 0.253. The van der Waals surface area contributed by atoms with Crippen LogP contribution in [-0.4, -0.2) is 16.8 Å². The van der Waals surface area contributed by atoms with Crippen molar-refractivity contribution in [1.29, 1.82) is 0 Å². The first kappa shape index (κ1) is 11.2. The average molecular weight is 195 g/mol. The summed E-state index contributed by atoms with van der Waals surface area (Å²) in [6.45, 7) is 6.78. The first-order valence-corrected chi connectivity index (χ1v) is 5.18. The van der Waals surface area contributed by atoms with E-state index in [0.717, 1.165) is 6.42 Å². The molecule has 3 nitrogen and oxygen atoms in total. The van der Waals surface area contributed by atoms with Crippen molar-refractivity contribution in [2.75, 3.05) is 7.05 Å². The van der Waals surface area contributed by atoms with E-state index in [2.05, 4.69) is 37.3 Å². The molecule has 0 aromatic carbocycles. The monoisotopic (exact) mass is 195 g/mol. The second kappa shape index (κ2) is 4.13. The molecule has 1 atom stereocenters. The molecule has 0 bridgehead atoms. The Bertz CT molecular complexity index is 288. The van der Waals surface area contributed by atoms with E-state index < -0.39 is 0 Å². The SMILES string of the molecule is CCC(C)(C)C(NC)c1ccnn1C. The van der Waals surface area contributed by atoms with Gasteiger partial charge < -0.3 is 5.32 Å². The Morgan fingerprint density at radius 3 is 2.57 bits per heavy atom. The van der Waals surface area contributed by atoms with Crippen molar-refractivity contribution in [2.45, 2.75) is 33.2 Å². The fraction of sp³-hybridized carbons (Fsp3) is 0.727. The summed E-state index contributed by atoms with van der Waals surface area (Å²) in [6.07, 6.45) is 3.00. The molecule has 0 spiro atoms. The first-order valence-electron chi connectivity index (χ1n) is 5.18. The summed E-state index contributed by atoms with van der Waals surface area (Å²) in [7, 11) is 4.00. The van der Waals surface area contributed by atoms with Crippen molar-refractivity contribution in [2.24, 2.45) is 12.5 Å². The molecule has 1 heterocycles. The number of hydrogen-bond donors (Lipinski definition) is 1. The van der Waals surface area contributed by atoms with Crippen LogP contribution in [0.4, 0.5) is 0 Å². The van der Waals surface area contributed by atoms with Crippen LogP contribution in [0, 0.1) is 5.41 Å². The maximum atomic E-state index is 4.21. The molecule has 80 valence electrons. The van der Waals surface area contributed by atoms with Gasteiger partial charge in [0, 0.05) is 13.2 Å². The van der Waals surface area contributed by atoms with Crippen LogP contribution in [0.15, 0.2) is 12.3 Å². The number of nitrogens with zero attached hydrogens (tertiary/aromatic N) is 2. The molecule has 1 rings (SSSR count). The maximum Gasteiger partial charge on any atom is 0.0555 e. The van der Waals surface area contributed by atoms with Crippen LogP contribution in [0.1, 0.15) is 38.9 Å². The van der Waals surface area contributed by atoms with Crippen molar-refractivity contribution >= 4 is 0 Å². The molecule has 1 unspecified atom stereocenters. The highest BCUT2D eigenvalue weighted by atomic mass is 15.3. The lowest BCUT2D eigenvalue weighted by molar-refractivity contribution is 0.235. The van der Waals surface area contributed by atoms with E-state index in [-0.39, 0.29) is 5.41 Å². The number of nitrogens with one attached hydrogen (secondary N) is 1. The van der Waals surface area contributed by atoms with Gasteiger partial charge in [0.1, 0.15) is 0 Å². The largest absolute Gasteiger partial charge is 0.311 e. The van der Waals surface area contributed by atoms with Gasteiger partial charge in [0.25, 0.3) is 0 Å². The smallest absolute Gasteiger partial charge is 0.0555 e. The fourth-order valence-corrected chi connectivity index (χ4v) is 1.81. The topological polar surface area (TPSA) is 29.9 Å². The van der Waals surface area contributed by atoms with E-state index >= 15 is 0 Å². The van der Waals surface area contributed by atoms with Gasteiger partial charge in [-0.2, -0.15) is 5.10 Å². The van der Waals surface area contributed by atoms with Crippen molar-refractivity contribution in [3.63, 3.8) is 0 Å².